The molecule has 0 bridgehead atoms. The van der Waals surface area contributed by atoms with Gasteiger partial charge >= 0.3 is 0 Å². The van der Waals surface area contributed by atoms with Crippen molar-refractivity contribution in [3.63, 3.8) is 0 Å². The second-order valence-corrected chi connectivity index (χ2v) is 8.00. The molecule has 2 aromatic rings. The van der Waals surface area contributed by atoms with Crippen LogP contribution in [-0.4, -0.2) is 37.9 Å². The molecule has 1 aromatic heterocycles. The van der Waals surface area contributed by atoms with Gasteiger partial charge in [-0.3, -0.25) is 4.79 Å². The number of allylic oxidation sites excluding steroid dienone is 1. The summed E-state index contributed by atoms with van der Waals surface area (Å²) >= 11 is 7.26. The van der Waals surface area contributed by atoms with Crippen LogP contribution in [0.2, 0.25) is 5.02 Å². The van der Waals surface area contributed by atoms with E-state index in [1.807, 2.05) is 19.1 Å². The number of benzene rings is 1. The number of halogens is 1. The van der Waals surface area contributed by atoms with Crippen molar-refractivity contribution in [1.82, 2.24) is 25.5 Å². The molecule has 1 aliphatic carbocycles. The molecule has 3 rings (SSSR count). The first-order valence-electron chi connectivity index (χ1n) is 8.80. The molecule has 8 heteroatoms. The number of carbonyl (C=O) groups is 1. The molecule has 1 atom stereocenters. The smallest absolute Gasteiger partial charge is 0.233 e. The predicted octanol–water partition coefficient (Wildman–Crippen LogP) is 3.80. The first-order chi connectivity index (χ1) is 12.6. The van der Waals surface area contributed by atoms with Crippen molar-refractivity contribution in [1.29, 1.82) is 0 Å². The fourth-order valence-corrected chi connectivity index (χ4v) is 3.79. The maximum atomic E-state index is 12.4. The summed E-state index contributed by atoms with van der Waals surface area (Å²) in [5.74, 6) is -0.00272. The fourth-order valence-electron chi connectivity index (χ4n) is 2.83. The number of carbonyl (C=O) groups excluding carboxylic acids is 1. The summed E-state index contributed by atoms with van der Waals surface area (Å²) in [4.78, 5) is 12.4. The lowest BCUT2D eigenvalue weighted by molar-refractivity contribution is -0.120. The number of thioether (sulfide) groups is 1. The lowest BCUT2D eigenvalue weighted by Gasteiger charge is -2.14. The van der Waals surface area contributed by atoms with E-state index >= 15 is 0 Å². The molecule has 1 aliphatic rings. The minimum atomic E-state index is -0.285. The van der Waals surface area contributed by atoms with Gasteiger partial charge in [0.2, 0.25) is 11.1 Å². The standard InChI is InChI=1S/C18H22ClN5OS/c1-13(17(25)20-12-11-14-5-3-2-4-6-14)26-18-21-22-23-24(18)16-9-7-15(19)8-10-16/h5,7-10,13H,2-4,6,11-12H2,1H3,(H,20,25). The SMILES string of the molecule is CC(Sc1nnnn1-c1ccc(Cl)cc1)C(=O)NCCC1=CCCCC1. The highest BCUT2D eigenvalue weighted by atomic mass is 35.5. The molecule has 1 N–H and O–H groups in total. The Morgan fingerprint density at radius 2 is 2.15 bits per heavy atom. The second kappa shape index (κ2) is 9.19. The summed E-state index contributed by atoms with van der Waals surface area (Å²) in [5, 5.41) is 15.7. The Bertz CT molecular complexity index is 774. The Kier molecular flexibility index (Phi) is 6.68. The van der Waals surface area contributed by atoms with Gasteiger partial charge in [0.15, 0.2) is 0 Å². The van der Waals surface area contributed by atoms with Gasteiger partial charge < -0.3 is 5.32 Å². The fraction of sp³-hybridized carbons (Fsp3) is 0.444. The molecule has 1 heterocycles. The van der Waals surface area contributed by atoms with Gasteiger partial charge in [0.05, 0.1) is 10.9 Å². The predicted molar refractivity (Wildman–Crippen MR) is 104 cm³/mol. The van der Waals surface area contributed by atoms with E-state index in [1.165, 1.54) is 36.6 Å². The Labute approximate surface area is 162 Å². The van der Waals surface area contributed by atoms with Crippen LogP contribution >= 0.6 is 23.4 Å². The summed E-state index contributed by atoms with van der Waals surface area (Å²) < 4.78 is 1.61. The van der Waals surface area contributed by atoms with Crippen molar-refractivity contribution in [3.05, 3.63) is 40.9 Å². The number of rotatable bonds is 7. The van der Waals surface area contributed by atoms with Gasteiger partial charge in [-0.1, -0.05) is 35.0 Å². The third kappa shape index (κ3) is 5.08. The number of nitrogens with one attached hydrogen (secondary N) is 1. The van der Waals surface area contributed by atoms with Gasteiger partial charge in [-0.05, 0) is 73.7 Å². The van der Waals surface area contributed by atoms with Gasteiger partial charge in [0.25, 0.3) is 0 Å². The quantitative estimate of drug-likeness (QED) is 0.574. The number of nitrogens with zero attached hydrogens (tertiary/aromatic N) is 4. The van der Waals surface area contributed by atoms with Crippen molar-refractivity contribution in [2.24, 2.45) is 0 Å². The molecule has 0 saturated heterocycles. The zero-order valence-electron chi connectivity index (χ0n) is 14.7. The number of hydrogen-bond donors (Lipinski definition) is 1. The molecule has 6 nitrogen and oxygen atoms in total. The first kappa shape index (κ1) is 18.9. The Morgan fingerprint density at radius 1 is 1.35 bits per heavy atom. The van der Waals surface area contributed by atoms with Crippen molar-refractivity contribution >= 4 is 29.3 Å². The third-order valence-electron chi connectivity index (χ3n) is 4.29. The van der Waals surface area contributed by atoms with Crippen LogP contribution < -0.4 is 5.32 Å². The van der Waals surface area contributed by atoms with E-state index in [2.05, 4.69) is 26.9 Å². The average Bonchev–Trinajstić information content (AvgIpc) is 3.11. The molecule has 0 radical (unpaired) electrons. The van der Waals surface area contributed by atoms with Crippen LogP contribution in [-0.2, 0) is 4.79 Å². The van der Waals surface area contributed by atoms with Crippen LogP contribution in [0.5, 0.6) is 0 Å². The topological polar surface area (TPSA) is 72.7 Å². The molecule has 0 aliphatic heterocycles. The highest BCUT2D eigenvalue weighted by Crippen LogP contribution is 2.24. The monoisotopic (exact) mass is 391 g/mol. The Balaban J connectivity index is 1.53. The van der Waals surface area contributed by atoms with E-state index in [0.717, 1.165) is 18.5 Å². The minimum Gasteiger partial charge on any atom is -0.355 e. The normalized spacial score (nSPS) is 15.4. The number of amides is 1. The van der Waals surface area contributed by atoms with E-state index in [0.29, 0.717) is 16.7 Å². The highest BCUT2D eigenvalue weighted by molar-refractivity contribution is 8.00. The molecule has 138 valence electrons. The molecule has 0 saturated carbocycles. The maximum Gasteiger partial charge on any atom is 0.233 e. The third-order valence-corrected chi connectivity index (χ3v) is 5.58. The molecular weight excluding hydrogens is 370 g/mol. The van der Waals surface area contributed by atoms with Gasteiger partial charge in [-0.25, -0.2) is 0 Å². The van der Waals surface area contributed by atoms with E-state index in [1.54, 1.807) is 16.8 Å². The van der Waals surface area contributed by atoms with Gasteiger partial charge in [0, 0.05) is 11.6 Å². The lowest BCUT2D eigenvalue weighted by Crippen LogP contribution is -2.32. The molecule has 1 aromatic carbocycles. The maximum absolute atomic E-state index is 12.4. The second-order valence-electron chi connectivity index (χ2n) is 6.26. The van der Waals surface area contributed by atoms with Crippen LogP contribution in [0.15, 0.2) is 41.1 Å². The van der Waals surface area contributed by atoms with Crippen LogP contribution in [0.4, 0.5) is 0 Å². The van der Waals surface area contributed by atoms with Crippen molar-refractivity contribution in [2.45, 2.75) is 49.4 Å². The summed E-state index contributed by atoms with van der Waals surface area (Å²) in [7, 11) is 0. The highest BCUT2D eigenvalue weighted by Gasteiger charge is 2.19. The van der Waals surface area contributed by atoms with Crippen LogP contribution in [0.25, 0.3) is 5.69 Å². The van der Waals surface area contributed by atoms with E-state index < -0.39 is 0 Å². The van der Waals surface area contributed by atoms with Gasteiger partial charge in [-0.15, -0.1) is 5.10 Å². The minimum absolute atomic E-state index is 0.00272. The summed E-state index contributed by atoms with van der Waals surface area (Å²) in [6, 6.07) is 7.24. The Hall–Kier alpha value is -1.86. The van der Waals surface area contributed by atoms with Crippen LogP contribution in [0.1, 0.15) is 39.0 Å². The van der Waals surface area contributed by atoms with Crippen LogP contribution in [0, 0.1) is 0 Å². The Morgan fingerprint density at radius 3 is 2.88 bits per heavy atom. The zero-order valence-corrected chi connectivity index (χ0v) is 16.3. The average molecular weight is 392 g/mol. The lowest BCUT2D eigenvalue weighted by atomic mass is 9.97. The first-order valence-corrected chi connectivity index (χ1v) is 10.1. The van der Waals surface area contributed by atoms with Crippen molar-refractivity contribution < 1.29 is 4.79 Å². The molecule has 0 spiro atoms. The van der Waals surface area contributed by atoms with Gasteiger partial charge in [-0.2, -0.15) is 4.68 Å². The van der Waals surface area contributed by atoms with Gasteiger partial charge in [0.1, 0.15) is 0 Å². The summed E-state index contributed by atoms with van der Waals surface area (Å²) in [6.07, 6.45) is 8.13. The molecule has 1 unspecified atom stereocenters. The molecule has 1 amide bonds. The molecule has 26 heavy (non-hydrogen) atoms. The molecule has 0 fully saturated rings. The number of tetrazole rings is 1. The van der Waals surface area contributed by atoms with Crippen LogP contribution in [0.3, 0.4) is 0 Å². The van der Waals surface area contributed by atoms with E-state index in [-0.39, 0.29) is 11.2 Å². The summed E-state index contributed by atoms with van der Waals surface area (Å²) in [6.45, 7) is 2.54. The number of hydrogen-bond acceptors (Lipinski definition) is 5. The van der Waals surface area contributed by atoms with E-state index in [4.69, 9.17) is 11.6 Å². The van der Waals surface area contributed by atoms with E-state index in [9.17, 15) is 4.79 Å². The van der Waals surface area contributed by atoms with Crippen molar-refractivity contribution in [2.75, 3.05) is 6.54 Å². The van der Waals surface area contributed by atoms with Crippen molar-refractivity contribution in [3.8, 4) is 5.69 Å². The number of aromatic nitrogens is 4. The largest absolute Gasteiger partial charge is 0.355 e. The zero-order chi connectivity index (χ0) is 18.4. The molecular formula is C18H22ClN5OS. The summed E-state index contributed by atoms with van der Waals surface area (Å²) in [5.41, 5.74) is 2.27.